The molecule has 12 rings (SSSR count). The van der Waals surface area contributed by atoms with E-state index in [1.54, 1.807) is 48.5 Å². The number of piperazine rings is 2. The third-order valence-corrected chi connectivity index (χ3v) is 26.8. The number of nitrogens with zero attached hydrogens (tertiary/aromatic N) is 4. The van der Waals surface area contributed by atoms with Gasteiger partial charge in [0.05, 0.1) is 24.0 Å². The van der Waals surface area contributed by atoms with E-state index < -0.39 is 91.7 Å². The molecule has 274 valence electrons. The summed E-state index contributed by atoms with van der Waals surface area (Å²) in [4.78, 5) is 58.1. The summed E-state index contributed by atoms with van der Waals surface area (Å²) in [5, 5.41) is 55.9. The van der Waals surface area contributed by atoms with Gasteiger partial charge in [-0.05, 0) is 106 Å². The Balaban J connectivity index is 1.35. The molecule has 8 saturated heterocycles. The second kappa shape index (κ2) is 11.1. The van der Waals surface area contributed by atoms with Gasteiger partial charge in [-0.15, -0.1) is 0 Å². The minimum absolute atomic E-state index is 0.486. The van der Waals surface area contributed by atoms with Crippen molar-refractivity contribution in [1.82, 2.24) is 19.6 Å². The fourth-order valence-electron chi connectivity index (χ4n) is 10.0. The molecule has 2 aromatic rings. The van der Waals surface area contributed by atoms with Crippen LogP contribution in [0.15, 0.2) is 48.5 Å². The molecule has 6 N–H and O–H groups in total. The van der Waals surface area contributed by atoms with Crippen LogP contribution in [0, 0.1) is 0 Å². The summed E-state index contributed by atoms with van der Waals surface area (Å²) in [7, 11) is 11.9. The van der Waals surface area contributed by atoms with Crippen molar-refractivity contribution < 1.29 is 39.6 Å². The molecule has 52 heavy (non-hydrogen) atoms. The standard InChI is InChI=1S/C30H28N6O8S8/c1-33-23(43)29-17(39)27(13-7-3-5-9-15(13)31-19(27)35(29)21(41)25(33,11-37)45-49-51-47-29)28-14-8-4-6-10-16(14)32-20(28)36-22(42)26(12-38)34(2)24(44)30(36,18(28)40)48-52-50-46-26/h3-10,17-20,31-32,37-40H,11-12H2,1-2H3/t17-,18-,19+,20+,25-,26-,27+,28+,29-,30-/m0/s1. The number of fused-ring (bicyclic) bond motifs is 15. The Morgan fingerprint density at radius 1 is 0.596 bits per heavy atom. The summed E-state index contributed by atoms with van der Waals surface area (Å²) in [6, 6.07) is 14.3. The van der Waals surface area contributed by atoms with Crippen molar-refractivity contribution in [2.75, 3.05) is 37.9 Å². The van der Waals surface area contributed by atoms with Gasteiger partial charge in [0.15, 0.2) is 0 Å². The Hall–Kier alpha value is -1.44. The van der Waals surface area contributed by atoms with Crippen LogP contribution in [0.25, 0.3) is 0 Å². The van der Waals surface area contributed by atoms with Gasteiger partial charge in [0.25, 0.3) is 23.6 Å². The van der Waals surface area contributed by atoms with Crippen molar-refractivity contribution in [2.45, 2.75) is 54.9 Å². The molecule has 4 amide bonds. The number of hydrogen-bond acceptors (Lipinski definition) is 18. The van der Waals surface area contributed by atoms with Crippen LogP contribution in [0.5, 0.6) is 0 Å². The molecule has 10 heterocycles. The SMILES string of the molecule is CN1C(=O)[C@]23SSSS[C@@]1(CO)C(=O)N2[C@H]1Nc2ccccc2[C@@]1([C@@]12c4ccccc4N[C@@H]1N1C(=O)[C@]4(CO)SSSS[C@]1(C(=O)N4C)[C@H]2O)[C@@H]3O. The van der Waals surface area contributed by atoms with Gasteiger partial charge in [0.1, 0.15) is 24.5 Å². The predicted octanol–water partition coefficient (Wildman–Crippen LogP) is 1.87. The maximum atomic E-state index is 15.2. The molecule has 4 bridgehead atoms. The van der Waals surface area contributed by atoms with E-state index in [0.717, 1.165) is 43.2 Å². The fourth-order valence-corrected chi connectivity index (χ4v) is 25.3. The zero-order chi connectivity index (χ0) is 36.4. The highest BCUT2D eigenvalue weighted by Gasteiger charge is 2.92. The molecule has 0 saturated carbocycles. The maximum Gasteiger partial charge on any atom is 0.265 e. The number of amides is 4. The van der Waals surface area contributed by atoms with E-state index in [1.807, 2.05) is 0 Å². The van der Waals surface area contributed by atoms with Gasteiger partial charge in [-0.3, -0.25) is 29.0 Å². The highest BCUT2D eigenvalue weighted by molar-refractivity contribution is 9.27. The van der Waals surface area contributed by atoms with Gasteiger partial charge in [-0.2, -0.15) is 0 Å². The topological polar surface area (TPSA) is 186 Å². The number of likely N-dealkylation sites (N-methyl/N-ethyl adjacent to an activating group) is 2. The van der Waals surface area contributed by atoms with E-state index >= 15 is 19.2 Å². The van der Waals surface area contributed by atoms with Crippen molar-refractivity contribution in [3.63, 3.8) is 0 Å². The molecule has 10 atom stereocenters. The molecule has 22 heteroatoms. The van der Waals surface area contributed by atoms with E-state index in [2.05, 4.69) is 10.6 Å². The minimum atomic E-state index is -1.98. The van der Waals surface area contributed by atoms with Crippen molar-refractivity contribution in [3.05, 3.63) is 59.7 Å². The summed E-state index contributed by atoms with van der Waals surface area (Å²) >= 11 is 0. The maximum absolute atomic E-state index is 15.2. The lowest BCUT2D eigenvalue weighted by Crippen LogP contribution is -2.76. The van der Waals surface area contributed by atoms with Crippen molar-refractivity contribution in [1.29, 1.82) is 0 Å². The van der Waals surface area contributed by atoms with Crippen LogP contribution in [-0.4, -0.2) is 135 Å². The van der Waals surface area contributed by atoms with Gasteiger partial charge in [0, 0.05) is 25.5 Å². The quantitative estimate of drug-likeness (QED) is 0.246. The molecular formula is C30H28N6O8S8. The van der Waals surface area contributed by atoms with E-state index in [9.17, 15) is 20.4 Å². The van der Waals surface area contributed by atoms with Crippen LogP contribution < -0.4 is 10.6 Å². The number of para-hydroxylation sites is 2. The summed E-state index contributed by atoms with van der Waals surface area (Å²) in [6.45, 7) is -1.41. The number of carbonyl (C=O) groups is 4. The highest BCUT2D eigenvalue weighted by atomic mass is 33.7. The highest BCUT2D eigenvalue weighted by Crippen LogP contribution is 2.78. The average Bonchev–Trinajstić information content (AvgIpc) is 3.79. The zero-order valence-electron chi connectivity index (χ0n) is 26.8. The van der Waals surface area contributed by atoms with Gasteiger partial charge in [0.2, 0.25) is 19.5 Å². The zero-order valence-corrected chi connectivity index (χ0v) is 33.4. The lowest BCUT2D eigenvalue weighted by molar-refractivity contribution is -0.168. The second-order valence-electron chi connectivity index (χ2n) is 13.7. The number of benzene rings is 2. The molecule has 0 aliphatic carbocycles. The average molecular weight is 857 g/mol. The number of nitrogens with one attached hydrogen (secondary N) is 2. The van der Waals surface area contributed by atoms with Crippen molar-refractivity contribution in [3.8, 4) is 0 Å². The number of rotatable bonds is 3. The van der Waals surface area contributed by atoms with Crippen molar-refractivity contribution >= 4 is 117 Å². The summed E-state index contributed by atoms with van der Waals surface area (Å²) < 4.78 is 0. The van der Waals surface area contributed by atoms with E-state index in [4.69, 9.17) is 0 Å². The molecule has 8 fully saturated rings. The van der Waals surface area contributed by atoms with Gasteiger partial charge in [-0.25, -0.2) is 0 Å². The minimum Gasteiger partial charge on any atom is -0.392 e. The predicted molar refractivity (Wildman–Crippen MR) is 208 cm³/mol. The monoisotopic (exact) mass is 856 g/mol. The van der Waals surface area contributed by atoms with E-state index in [1.165, 1.54) is 73.0 Å². The first-order valence-electron chi connectivity index (χ1n) is 15.9. The van der Waals surface area contributed by atoms with E-state index in [0.29, 0.717) is 22.5 Å². The fraction of sp³-hybridized carbons (Fsp3) is 0.467. The number of carbonyl (C=O) groups excluding carboxylic acids is 4. The number of anilines is 2. The van der Waals surface area contributed by atoms with Crippen LogP contribution in [0.3, 0.4) is 0 Å². The first-order valence-corrected chi connectivity index (χ1v) is 25.5. The molecule has 10 aliphatic heterocycles. The van der Waals surface area contributed by atoms with Crippen LogP contribution in [0.4, 0.5) is 11.4 Å². The molecule has 0 aromatic heterocycles. The second-order valence-corrected chi connectivity index (χ2v) is 26.0. The lowest BCUT2D eigenvalue weighted by atomic mass is 9.52. The third kappa shape index (κ3) is 3.33. The number of aliphatic hydroxyl groups is 4. The third-order valence-electron chi connectivity index (χ3n) is 12.3. The number of hydrogen-bond donors (Lipinski definition) is 6. The Morgan fingerprint density at radius 2 is 0.962 bits per heavy atom. The van der Waals surface area contributed by atoms with Gasteiger partial charge < -0.3 is 40.9 Å². The molecule has 2 spiro atoms. The van der Waals surface area contributed by atoms with Crippen molar-refractivity contribution in [2.24, 2.45) is 0 Å². The van der Waals surface area contributed by atoms with Crippen LogP contribution in [0.1, 0.15) is 11.1 Å². The largest absolute Gasteiger partial charge is 0.392 e. The van der Waals surface area contributed by atoms with Gasteiger partial charge >= 0.3 is 0 Å². The Morgan fingerprint density at radius 3 is 1.35 bits per heavy atom. The smallest absolute Gasteiger partial charge is 0.265 e. The van der Waals surface area contributed by atoms with Gasteiger partial charge in [-0.1, -0.05) is 36.4 Å². The summed E-state index contributed by atoms with van der Waals surface area (Å²) in [5.74, 6) is -2.44. The molecule has 14 nitrogen and oxygen atoms in total. The van der Waals surface area contributed by atoms with Crippen LogP contribution >= 0.6 is 82.5 Å². The molecule has 0 unspecified atom stereocenters. The molecular weight excluding hydrogens is 829 g/mol. The Kier molecular flexibility index (Phi) is 7.48. The van der Waals surface area contributed by atoms with Crippen LogP contribution in [0.2, 0.25) is 0 Å². The summed E-state index contributed by atoms with van der Waals surface area (Å²) in [5.41, 5.74) is -1.62. The Bertz CT molecular complexity index is 1890. The first kappa shape index (κ1) is 35.0. The first-order chi connectivity index (χ1) is 25.0. The molecule has 2 aromatic carbocycles. The van der Waals surface area contributed by atoms with Crippen LogP contribution in [-0.2, 0) is 30.0 Å². The molecule has 10 aliphatic rings. The number of aliphatic hydroxyl groups excluding tert-OH is 4. The van der Waals surface area contributed by atoms with E-state index in [-0.39, 0.29) is 0 Å². The Labute approximate surface area is 326 Å². The lowest BCUT2D eigenvalue weighted by Gasteiger charge is -2.54. The normalized spacial score (nSPS) is 43.9. The molecule has 0 radical (unpaired) electrons. The summed E-state index contributed by atoms with van der Waals surface area (Å²) in [6.07, 6.45) is -5.99.